The van der Waals surface area contributed by atoms with Crippen LogP contribution >= 0.6 is 15.9 Å². The van der Waals surface area contributed by atoms with Gasteiger partial charge in [-0.1, -0.05) is 22.0 Å². The van der Waals surface area contributed by atoms with Crippen LogP contribution < -0.4 is 10.1 Å². The van der Waals surface area contributed by atoms with E-state index in [-0.39, 0.29) is 23.8 Å². The average Bonchev–Trinajstić information content (AvgIpc) is 2.73. The van der Waals surface area contributed by atoms with Crippen molar-refractivity contribution >= 4 is 27.7 Å². The van der Waals surface area contributed by atoms with E-state index in [0.29, 0.717) is 43.9 Å². The molecule has 0 saturated carbocycles. The monoisotopic (exact) mass is 459 g/mol. The van der Waals surface area contributed by atoms with Gasteiger partial charge in [0.1, 0.15) is 0 Å². The van der Waals surface area contributed by atoms with E-state index in [2.05, 4.69) is 26.2 Å². The lowest BCUT2D eigenvalue weighted by Gasteiger charge is -2.31. The molecule has 1 saturated heterocycles. The molecule has 1 fully saturated rings. The van der Waals surface area contributed by atoms with Crippen LogP contribution in [0.15, 0.2) is 47.1 Å². The van der Waals surface area contributed by atoms with Crippen molar-refractivity contribution in [2.75, 3.05) is 13.1 Å². The number of hydrogen-bond acceptors (Lipinski definition) is 4. The molecule has 2 amide bonds. The van der Waals surface area contributed by atoms with Crippen LogP contribution in [-0.4, -0.2) is 40.9 Å². The van der Waals surface area contributed by atoms with Gasteiger partial charge in [-0.25, -0.2) is 4.98 Å². The molecule has 1 aromatic carbocycles. The maximum Gasteiger partial charge on any atom is 0.253 e. The van der Waals surface area contributed by atoms with Crippen molar-refractivity contribution in [3.63, 3.8) is 0 Å². The van der Waals surface area contributed by atoms with E-state index in [1.807, 2.05) is 55.1 Å². The smallest absolute Gasteiger partial charge is 0.253 e. The normalized spacial score (nSPS) is 14.7. The Morgan fingerprint density at radius 2 is 1.86 bits per heavy atom. The SMILES string of the molecule is CC(C)Oc1ccc(CNC(=O)C2CCN(C(=O)c3ccc(Br)cc3)CC2)cn1. The minimum absolute atomic E-state index is 0.0196. The maximum atomic E-state index is 12.6. The Hall–Kier alpha value is -2.41. The molecular formula is C22H26BrN3O3. The molecule has 0 aliphatic carbocycles. The number of ether oxygens (including phenoxy) is 1. The van der Waals surface area contributed by atoms with Crippen LogP contribution in [0.1, 0.15) is 42.6 Å². The van der Waals surface area contributed by atoms with Gasteiger partial charge in [-0.05, 0) is 56.5 Å². The first kappa shape index (κ1) is 21.3. The summed E-state index contributed by atoms with van der Waals surface area (Å²) in [6.07, 6.45) is 3.15. The molecule has 2 aromatic rings. The Bertz CT molecular complexity index is 829. The number of hydrogen-bond donors (Lipinski definition) is 1. The van der Waals surface area contributed by atoms with Gasteiger partial charge >= 0.3 is 0 Å². The largest absolute Gasteiger partial charge is 0.475 e. The maximum absolute atomic E-state index is 12.6. The fourth-order valence-corrected chi connectivity index (χ4v) is 3.54. The topological polar surface area (TPSA) is 71.5 Å². The van der Waals surface area contributed by atoms with Gasteiger partial charge < -0.3 is 15.0 Å². The summed E-state index contributed by atoms with van der Waals surface area (Å²) >= 11 is 3.38. The highest BCUT2D eigenvalue weighted by atomic mass is 79.9. The first-order chi connectivity index (χ1) is 13.9. The first-order valence-corrected chi connectivity index (χ1v) is 10.7. The van der Waals surface area contributed by atoms with Crippen molar-refractivity contribution < 1.29 is 14.3 Å². The highest BCUT2D eigenvalue weighted by molar-refractivity contribution is 9.10. The first-order valence-electron chi connectivity index (χ1n) is 9.86. The van der Waals surface area contributed by atoms with Gasteiger partial charge in [-0.2, -0.15) is 0 Å². The van der Waals surface area contributed by atoms with E-state index in [1.165, 1.54) is 0 Å². The number of nitrogens with zero attached hydrogens (tertiary/aromatic N) is 2. The quantitative estimate of drug-likeness (QED) is 0.712. The summed E-state index contributed by atoms with van der Waals surface area (Å²) in [6, 6.07) is 11.1. The highest BCUT2D eigenvalue weighted by Gasteiger charge is 2.27. The van der Waals surface area contributed by atoms with Gasteiger partial charge in [0.25, 0.3) is 5.91 Å². The molecule has 1 aliphatic rings. The van der Waals surface area contributed by atoms with Gasteiger partial charge in [0.15, 0.2) is 0 Å². The zero-order chi connectivity index (χ0) is 20.8. The van der Waals surface area contributed by atoms with Gasteiger partial charge in [-0.3, -0.25) is 9.59 Å². The van der Waals surface area contributed by atoms with Crippen molar-refractivity contribution in [2.24, 2.45) is 5.92 Å². The van der Waals surface area contributed by atoms with Gasteiger partial charge in [0.05, 0.1) is 6.10 Å². The van der Waals surface area contributed by atoms with Crippen molar-refractivity contribution in [1.82, 2.24) is 15.2 Å². The number of amides is 2. The second kappa shape index (κ2) is 9.87. The minimum Gasteiger partial charge on any atom is -0.475 e. The van der Waals surface area contributed by atoms with Crippen LogP contribution in [0.25, 0.3) is 0 Å². The molecule has 1 aliphatic heterocycles. The zero-order valence-electron chi connectivity index (χ0n) is 16.7. The van der Waals surface area contributed by atoms with Crippen LogP contribution in [0.5, 0.6) is 5.88 Å². The Labute approximate surface area is 179 Å². The molecule has 2 heterocycles. The Balaban J connectivity index is 1.45. The Morgan fingerprint density at radius 3 is 2.45 bits per heavy atom. The second-order valence-corrected chi connectivity index (χ2v) is 8.38. The van der Waals surface area contributed by atoms with Crippen molar-refractivity contribution in [3.05, 3.63) is 58.2 Å². The lowest BCUT2D eigenvalue weighted by molar-refractivity contribution is -0.126. The number of benzene rings is 1. The molecular weight excluding hydrogens is 434 g/mol. The number of carbonyl (C=O) groups excluding carboxylic acids is 2. The summed E-state index contributed by atoms with van der Waals surface area (Å²) < 4.78 is 6.47. The van der Waals surface area contributed by atoms with Gasteiger partial charge in [0, 0.05) is 47.9 Å². The van der Waals surface area contributed by atoms with Crippen molar-refractivity contribution in [3.8, 4) is 5.88 Å². The number of pyridine rings is 1. The highest BCUT2D eigenvalue weighted by Crippen LogP contribution is 2.20. The molecule has 0 bridgehead atoms. The fraction of sp³-hybridized carbons (Fsp3) is 0.409. The molecule has 154 valence electrons. The average molecular weight is 460 g/mol. The van der Waals surface area contributed by atoms with E-state index in [9.17, 15) is 9.59 Å². The number of carbonyl (C=O) groups is 2. The molecule has 0 unspecified atom stereocenters. The second-order valence-electron chi connectivity index (χ2n) is 7.46. The van der Waals surface area contributed by atoms with E-state index in [1.54, 1.807) is 6.20 Å². The summed E-state index contributed by atoms with van der Waals surface area (Å²) in [5.74, 6) is 0.563. The molecule has 29 heavy (non-hydrogen) atoms. The third kappa shape index (κ3) is 6.03. The van der Waals surface area contributed by atoms with Gasteiger partial charge in [0.2, 0.25) is 11.8 Å². The molecule has 1 aromatic heterocycles. The van der Waals surface area contributed by atoms with E-state index >= 15 is 0 Å². The number of piperidine rings is 1. The number of nitrogens with one attached hydrogen (secondary N) is 1. The van der Waals surface area contributed by atoms with Crippen LogP contribution in [0.4, 0.5) is 0 Å². The molecule has 6 nitrogen and oxygen atoms in total. The van der Waals surface area contributed by atoms with Crippen molar-refractivity contribution in [1.29, 1.82) is 0 Å². The van der Waals surface area contributed by atoms with Gasteiger partial charge in [-0.15, -0.1) is 0 Å². The van der Waals surface area contributed by atoms with E-state index in [0.717, 1.165) is 10.0 Å². The summed E-state index contributed by atoms with van der Waals surface area (Å²) in [5.41, 5.74) is 1.60. The van der Waals surface area contributed by atoms with Crippen LogP contribution in [0, 0.1) is 5.92 Å². The Morgan fingerprint density at radius 1 is 1.17 bits per heavy atom. The predicted molar refractivity (Wildman–Crippen MR) is 115 cm³/mol. The molecule has 7 heteroatoms. The van der Waals surface area contributed by atoms with E-state index < -0.39 is 0 Å². The number of aromatic nitrogens is 1. The molecule has 1 N–H and O–H groups in total. The van der Waals surface area contributed by atoms with Crippen LogP contribution in [0.3, 0.4) is 0 Å². The molecule has 3 rings (SSSR count). The standard InChI is InChI=1S/C22H26BrN3O3/c1-15(2)29-20-8-3-16(13-24-20)14-25-21(27)17-9-11-26(12-10-17)22(28)18-4-6-19(23)7-5-18/h3-8,13,15,17H,9-12,14H2,1-2H3,(H,25,27). The molecule has 0 spiro atoms. The number of halogens is 1. The summed E-state index contributed by atoms with van der Waals surface area (Å²) in [7, 11) is 0. The van der Waals surface area contributed by atoms with E-state index in [4.69, 9.17) is 4.74 Å². The lowest BCUT2D eigenvalue weighted by Crippen LogP contribution is -2.42. The summed E-state index contributed by atoms with van der Waals surface area (Å²) in [6.45, 7) is 5.53. The molecule has 0 atom stereocenters. The summed E-state index contributed by atoms with van der Waals surface area (Å²) in [4.78, 5) is 31.2. The predicted octanol–water partition coefficient (Wildman–Crippen LogP) is 3.80. The minimum atomic E-state index is -0.0690. The zero-order valence-corrected chi connectivity index (χ0v) is 18.3. The number of likely N-dealkylation sites (tertiary alicyclic amines) is 1. The fourth-order valence-electron chi connectivity index (χ4n) is 3.28. The summed E-state index contributed by atoms with van der Waals surface area (Å²) in [5, 5.41) is 2.98. The molecule has 0 radical (unpaired) electrons. The third-order valence-electron chi connectivity index (χ3n) is 4.86. The van der Waals surface area contributed by atoms with Crippen LogP contribution in [-0.2, 0) is 11.3 Å². The lowest BCUT2D eigenvalue weighted by atomic mass is 9.95. The number of rotatable bonds is 6. The van der Waals surface area contributed by atoms with Crippen LogP contribution in [0.2, 0.25) is 0 Å². The van der Waals surface area contributed by atoms with Crippen molar-refractivity contribution in [2.45, 2.75) is 39.3 Å². The third-order valence-corrected chi connectivity index (χ3v) is 5.39. The Kier molecular flexibility index (Phi) is 7.25.